The average molecular weight is 441 g/mol. The van der Waals surface area contributed by atoms with Crippen molar-refractivity contribution in [3.05, 3.63) is 53.6 Å². The van der Waals surface area contributed by atoms with Gasteiger partial charge in [0, 0.05) is 6.54 Å². The van der Waals surface area contributed by atoms with Crippen LogP contribution in [0.5, 0.6) is 17.2 Å². The fraction of sp³-hybridized carbons (Fsp3) is 0.348. The van der Waals surface area contributed by atoms with Gasteiger partial charge in [-0.25, -0.2) is 4.79 Å². The molecule has 1 aliphatic heterocycles. The molecule has 9 heteroatoms. The summed E-state index contributed by atoms with van der Waals surface area (Å²) in [4.78, 5) is 38.7. The zero-order chi connectivity index (χ0) is 23.3. The van der Waals surface area contributed by atoms with Crippen molar-refractivity contribution in [1.82, 2.24) is 15.5 Å². The van der Waals surface area contributed by atoms with E-state index in [1.54, 1.807) is 58.6 Å². The molecule has 2 aromatic carbocycles. The summed E-state index contributed by atoms with van der Waals surface area (Å²) in [7, 11) is 4.67. The maximum Gasteiger partial charge on any atom is 0.325 e. The highest BCUT2D eigenvalue weighted by atomic mass is 16.5. The first-order valence-corrected chi connectivity index (χ1v) is 10.1. The Morgan fingerprint density at radius 1 is 1.00 bits per heavy atom. The molecule has 0 unspecified atom stereocenters. The SMILES string of the molecule is COc1ccc([C@@]2(C)NC(=O)N(CC(=O)NCCc3ccc(OC)c(OC)c3)C2=O)cc1. The van der Waals surface area contributed by atoms with Gasteiger partial charge in [0.15, 0.2) is 11.5 Å². The summed E-state index contributed by atoms with van der Waals surface area (Å²) in [6.07, 6.45) is 0.551. The predicted molar refractivity (Wildman–Crippen MR) is 117 cm³/mol. The summed E-state index contributed by atoms with van der Waals surface area (Å²) >= 11 is 0. The molecule has 0 aliphatic carbocycles. The van der Waals surface area contributed by atoms with Crippen LogP contribution in [0, 0.1) is 0 Å². The normalized spacial score (nSPS) is 17.7. The molecule has 3 rings (SSSR count). The van der Waals surface area contributed by atoms with E-state index in [1.807, 2.05) is 12.1 Å². The van der Waals surface area contributed by atoms with Gasteiger partial charge >= 0.3 is 6.03 Å². The number of benzene rings is 2. The van der Waals surface area contributed by atoms with Crippen molar-refractivity contribution in [3.63, 3.8) is 0 Å². The molecular weight excluding hydrogens is 414 g/mol. The van der Waals surface area contributed by atoms with Crippen LogP contribution in [-0.4, -0.2) is 57.2 Å². The Morgan fingerprint density at radius 2 is 1.69 bits per heavy atom. The van der Waals surface area contributed by atoms with Crippen molar-refractivity contribution >= 4 is 17.8 Å². The lowest BCUT2D eigenvalue weighted by Crippen LogP contribution is -2.43. The number of nitrogens with zero attached hydrogens (tertiary/aromatic N) is 1. The van der Waals surface area contributed by atoms with E-state index in [0.29, 0.717) is 35.8 Å². The number of rotatable bonds is 9. The Bertz CT molecular complexity index is 1010. The zero-order valence-corrected chi connectivity index (χ0v) is 18.6. The number of urea groups is 1. The Morgan fingerprint density at radius 3 is 2.31 bits per heavy atom. The second-order valence-electron chi connectivity index (χ2n) is 7.46. The highest BCUT2D eigenvalue weighted by molar-refractivity contribution is 6.09. The number of imide groups is 1. The van der Waals surface area contributed by atoms with Crippen molar-refractivity contribution in [2.75, 3.05) is 34.4 Å². The van der Waals surface area contributed by atoms with Gasteiger partial charge in [0.05, 0.1) is 21.3 Å². The number of carbonyl (C=O) groups is 3. The van der Waals surface area contributed by atoms with E-state index in [0.717, 1.165) is 10.5 Å². The van der Waals surface area contributed by atoms with E-state index in [2.05, 4.69) is 10.6 Å². The summed E-state index contributed by atoms with van der Waals surface area (Å²) in [5.74, 6) is 0.961. The Kier molecular flexibility index (Phi) is 6.87. The Labute approximate surface area is 186 Å². The predicted octanol–water partition coefficient (Wildman–Crippen LogP) is 1.84. The van der Waals surface area contributed by atoms with Crippen LogP contribution in [0.15, 0.2) is 42.5 Å². The van der Waals surface area contributed by atoms with Gasteiger partial charge in [-0.2, -0.15) is 0 Å². The largest absolute Gasteiger partial charge is 0.497 e. The van der Waals surface area contributed by atoms with Gasteiger partial charge in [-0.3, -0.25) is 14.5 Å². The standard InChI is InChI=1S/C23H27N3O6/c1-23(16-6-8-17(30-2)9-7-16)21(28)26(22(29)25-23)14-20(27)24-12-11-15-5-10-18(31-3)19(13-15)32-4/h5-10,13H,11-12,14H2,1-4H3,(H,24,27)(H,25,29)/t23-/m1/s1. The minimum Gasteiger partial charge on any atom is -0.497 e. The van der Waals surface area contributed by atoms with E-state index in [4.69, 9.17) is 14.2 Å². The lowest BCUT2D eigenvalue weighted by Gasteiger charge is -2.22. The van der Waals surface area contributed by atoms with Crippen LogP contribution in [0.3, 0.4) is 0 Å². The van der Waals surface area contributed by atoms with Crippen LogP contribution in [0.2, 0.25) is 0 Å². The topological polar surface area (TPSA) is 106 Å². The fourth-order valence-electron chi connectivity index (χ4n) is 3.54. The average Bonchev–Trinajstić information content (AvgIpc) is 3.02. The first kappa shape index (κ1) is 22.9. The number of hydrogen-bond acceptors (Lipinski definition) is 6. The van der Waals surface area contributed by atoms with E-state index >= 15 is 0 Å². The molecule has 2 N–H and O–H groups in total. The highest BCUT2D eigenvalue weighted by Gasteiger charge is 2.49. The third-order valence-electron chi connectivity index (χ3n) is 5.43. The molecule has 9 nitrogen and oxygen atoms in total. The maximum absolute atomic E-state index is 13.0. The summed E-state index contributed by atoms with van der Waals surface area (Å²) in [6, 6.07) is 11.8. The number of ether oxygens (including phenoxy) is 3. The van der Waals surface area contributed by atoms with Gasteiger partial charge in [-0.1, -0.05) is 18.2 Å². The van der Waals surface area contributed by atoms with Crippen molar-refractivity contribution < 1.29 is 28.6 Å². The lowest BCUT2D eigenvalue weighted by atomic mass is 9.92. The summed E-state index contributed by atoms with van der Waals surface area (Å²) in [5, 5.41) is 5.43. The van der Waals surface area contributed by atoms with Gasteiger partial charge < -0.3 is 24.8 Å². The molecule has 2 aromatic rings. The zero-order valence-electron chi connectivity index (χ0n) is 18.6. The molecule has 1 atom stereocenters. The van der Waals surface area contributed by atoms with Crippen LogP contribution in [-0.2, 0) is 21.5 Å². The van der Waals surface area contributed by atoms with Crippen LogP contribution in [0.25, 0.3) is 0 Å². The first-order chi connectivity index (χ1) is 15.3. The molecule has 1 aliphatic rings. The summed E-state index contributed by atoms with van der Waals surface area (Å²) in [5.41, 5.74) is 0.307. The maximum atomic E-state index is 13.0. The molecule has 4 amide bonds. The van der Waals surface area contributed by atoms with Gasteiger partial charge in [0.2, 0.25) is 5.91 Å². The van der Waals surface area contributed by atoms with Gasteiger partial charge in [-0.05, 0) is 48.7 Å². The van der Waals surface area contributed by atoms with Crippen molar-refractivity contribution in [2.24, 2.45) is 0 Å². The number of methoxy groups -OCH3 is 3. The van der Waals surface area contributed by atoms with Crippen LogP contribution >= 0.6 is 0 Å². The molecule has 170 valence electrons. The molecule has 0 radical (unpaired) electrons. The van der Waals surface area contributed by atoms with Crippen LogP contribution in [0.1, 0.15) is 18.1 Å². The van der Waals surface area contributed by atoms with Gasteiger partial charge in [0.1, 0.15) is 17.8 Å². The number of carbonyl (C=O) groups excluding carboxylic acids is 3. The molecule has 0 bridgehead atoms. The van der Waals surface area contributed by atoms with E-state index in [9.17, 15) is 14.4 Å². The van der Waals surface area contributed by atoms with Crippen molar-refractivity contribution in [1.29, 1.82) is 0 Å². The second kappa shape index (κ2) is 9.59. The van der Waals surface area contributed by atoms with E-state index in [1.165, 1.54) is 0 Å². The minimum absolute atomic E-state index is 0.341. The molecule has 1 heterocycles. The molecule has 32 heavy (non-hydrogen) atoms. The number of hydrogen-bond donors (Lipinski definition) is 2. The fourth-order valence-corrected chi connectivity index (χ4v) is 3.54. The van der Waals surface area contributed by atoms with Gasteiger partial charge in [0.25, 0.3) is 5.91 Å². The molecule has 1 fully saturated rings. The van der Waals surface area contributed by atoms with Crippen LogP contribution < -0.4 is 24.8 Å². The van der Waals surface area contributed by atoms with Gasteiger partial charge in [-0.15, -0.1) is 0 Å². The quantitative estimate of drug-likeness (QED) is 0.575. The monoisotopic (exact) mass is 441 g/mol. The van der Waals surface area contributed by atoms with E-state index in [-0.39, 0.29) is 6.54 Å². The summed E-state index contributed by atoms with van der Waals surface area (Å²) < 4.78 is 15.6. The molecular formula is C23H27N3O6. The molecule has 1 saturated heterocycles. The third-order valence-corrected chi connectivity index (χ3v) is 5.43. The molecule has 0 saturated carbocycles. The lowest BCUT2D eigenvalue weighted by molar-refractivity contribution is -0.134. The second-order valence-corrected chi connectivity index (χ2v) is 7.46. The van der Waals surface area contributed by atoms with Crippen molar-refractivity contribution in [3.8, 4) is 17.2 Å². The number of nitrogens with one attached hydrogen (secondary N) is 2. The molecule has 0 spiro atoms. The van der Waals surface area contributed by atoms with Crippen LogP contribution in [0.4, 0.5) is 4.79 Å². The first-order valence-electron chi connectivity index (χ1n) is 10.1. The third kappa shape index (κ3) is 4.61. The van der Waals surface area contributed by atoms with E-state index < -0.39 is 23.4 Å². The molecule has 0 aromatic heterocycles. The van der Waals surface area contributed by atoms with Crippen molar-refractivity contribution in [2.45, 2.75) is 18.9 Å². The minimum atomic E-state index is -1.25. The Balaban J connectivity index is 1.58. The summed E-state index contributed by atoms with van der Waals surface area (Å²) in [6.45, 7) is 1.60. The Hall–Kier alpha value is -3.75. The smallest absolute Gasteiger partial charge is 0.325 e. The highest BCUT2D eigenvalue weighted by Crippen LogP contribution is 2.30. The number of amides is 4.